The van der Waals surface area contributed by atoms with Crippen LogP contribution in [0.5, 0.6) is 11.5 Å². The van der Waals surface area contributed by atoms with Crippen LogP contribution in [0.2, 0.25) is 0 Å². The molecule has 1 amide bonds. The van der Waals surface area contributed by atoms with Crippen LogP contribution in [0, 0.1) is 0 Å². The van der Waals surface area contributed by atoms with Gasteiger partial charge in [-0.25, -0.2) is 4.79 Å². The summed E-state index contributed by atoms with van der Waals surface area (Å²) in [7, 11) is 3.07. The minimum Gasteiger partial charge on any atom is -0.496 e. The molecule has 8 nitrogen and oxygen atoms in total. The third-order valence-electron chi connectivity index (χ3n) is 5.10. The Kier molecular flexibility index (Phi) is 5.05. The van der Waals surface area contributed by atoms with E-state index < -0.39 is 17.9 Å². The number of fused-ring (bicyclic) bond motifs is 2. The highest BCUT2D eigenvalue weighted by molar-refractivity contribution is 6.02. The van der Waals surface area contributed by atoms with E-state index in [1.165, 1.54) is 14.2 Å². The van der Waals surface area contributed by atoms with Gasteiger partial charge in [0.15, 0.2) is 0 Å². The number of carboxylic acids is 1. The van der Waals surface area contributed by atoms with E-state index in [9.17, 15) is 14.7 Å². The number of nitrogens with one attached hydrogen (secondary N) is 3. The Bertz CT molecular complexity index is 1200. The van der Waals surface area contributed by atoms with Crippen molar-refractivity contribution < 1.29 is 24.2 Å². The molecule has 1 atom stereocenters. The van der Waals surface area contributed by atoms with Gasteiger partial charge < -0.3 is 29.9 Å². The summed E-state index contributed by atoms with van der Waals surface area (Å²) in [4.78, 5) is 30.8. The van der Waals surface area contributed by atoms with Gasteiger partial charge >= 0.3 is 5.97 Å². The molecule has 154 valence electrons. The predicted octanol–water partition coefficient (Wildman–Crippen LogP) is 3.09. The smallest absolute Gasteiger partial charge is 0.326 e. The summed E-state index contributed by atoms with van der Waals surface area (Å²) < 4.78 is 10.7. The molecule has 0 saturated heterocycles. The molecule has 4 aromatic rings. The zero-order valence-corrected chi connectivity index (χ0v) is 16.5. The van der Waals surface area contributed by atoms with Crippen LogP contribution in [0.4, 0.5) is 0 Å². The lowest BCUT2D eigenvalue weighted by Gasteiger charge is -2.13. The zero-order chi connectivity index (χ0) is 21.3. The van der Waals surface area contributed by atoms with E-state index >= 15 is 0 Å². The van der Waals surface area contributed by atoms with Crippen LogP contribution in [-0.4, -0.2) is 47.2 Å². The molecule has 0 aliphatic heterocycles. The van der Waals surface area contributed by atoms with Crippen LogP contribution in [0.1, 0.15) is 16.1 Å². The van der Waals surface area contributed by atoms with Crippen LogP contribution >= 0.6 is 0 Å². The molecule has 30 heavy (non-hydrogen) atoms. The Hall–Kier alpha value is -3.94. The average molecular weight is 407 g/mol. The van der Waals surface area contributed by atoms with E-state index in [4.69, 9.17) is 9.47 Å². The van der Waals surface area contributed by atoms with Crippen LogP contribution in [0.15, 0.2) is 48.7 Å². The van der Waals surface area contributed by atoms with Gasteiger partial charge in [0.2, 0.25) is 0 Å². The summed E-state index contributed by atoms with van der Waals surface area (Å²) in [5.41, 5.74) is 2.56. The molecule has 0 spiro atoms. The van der Waals surface area contributed by atoms with Gasteiger partial charge in [-0.05, 0) is 29.8 Å². The first kappa shape index (κ1) is 19.4. The number of hydrogen-bond donors (Lipinski definition) is 4. The fourth-order valence-electron chi connectivity index (χ4n) is 3.59. The number of aliphatic carboxylic acids is 1. The Balaban J connectivity index is 1.61. The van der Waals surface area contributed by atoms with E-state index in [-0.39, 0.29) is 12.1 Å². The second kappa shape index (κ2) is 7.82. The number of hydrogen-bond acceptors (Lipinski definition) is 4. The molecule has 4 rings (SSSR count). The molecule has 0 saturated carbocycles. The fourth-order valence-corrected chi connectivity index (χ4v) is 3.59. The summed E-state index contributed by atoms with van der Waals surface area (Å²) in [6.07, 6.45) is 1.92. The van der Waals surface area contributed by atoms with Gasteiger partial charge in [0, 0.05) is 28.9 Å². The van der Waals surface area contributed by atoms with Crippen LogP contribution in [0.3, 0.4) is 0 Å². The molecule has 4 N–H and O–H groups in total. The lowest BCUT2D eigenvalue weighted by molar-refractivity contribution is -0.139. The molecule has 0 radical (unpaired) electrons. The molecule has 2 heterocycles. The monoisotopic (exact) mass is 407 g/mol. The Morgan fingerprint density at radius 1 is 1.07 bits per heavy atom. The van der Waals surface area contributed by atoms with Gasteiger partial charge in [0.1, 0.15) is 23.2 Å². The van der Waals surface area contributed by atoms with Crippen molar-refractivity contribution in [2.45, 2.75) is 12.5 Å². The molecule has 2 aromatic carbocycles. The maximum atomic E-state index is 12.8. The maximum Gasteiger partial charge on any atom is 0.326 e. The number of benzene rings is 2. The van der Waals surface area contributed by atoms with Crippen molar-refractivity contribution in [3.8, 4) is 11.5 Å². The number of para-hydroxylation sites is 1. The normalized spacial score (nSPS) is 12.1. The largest absolute Gasteiger partial charge is 0.496 e. The highest BCUT2D eigenvalue weighted by Crippen LogP contribution is 2.33. The quantitative estimate of drug-likeness (QED) is 0.376. The van der Waals surface area contributed by atoms with E-state index in [1.807, 2.05) is 24.3 Å². The number of ether oxygens (including phenoxy) is 2. The Morgan fingerprint density at radius 3 is 2.53 bits per heavy atom. The minimum absolute atomic E-state index is 0.151. The van der Waals surface area contributed by atoms with E-state index in [2.05, 4.69) is 15.3 Å². The Morgan fingerprint density at radius 2 is 1.80 bits per heavy atom. The number of H-pyrrole nitrogens is 2. The average Bonchev–Trinajstić information content (AvgIpc) is 3.37. The van der Waals surface area contributed by atoms with Gasteiger partial charge in [-0.1, -0.05) is 18.2 Å². The molecule has 2 aromatic heterocycles. The molecular formula is C22H21N3O5. The standard InChI is InChI=1S/C22H21N3O5/c1-29-18-7-8-19(30-2)20-14(18)10-16(24-20)21(26)25-17(22(27)28)9-12-11-23-15-6-4-3-5-13(12)15/h3-8,10-11,17,23-24H,9H2,1-2H3,(H,25,26)(H,27,28). The zero-order valence-electron chi connectivity index (χ0n) is 16.5. The van der Waals surface area contributed by atoms with Crippen molar-refractivity contribution in [1.82, 2.24) is 15.3 Å². The summed E-state index contributed by atoms with van der Waals surface area (Å²) in [5.74, 6) is -0.504. The second-order valence-electron chi connectivity index (χ2n) is 6.87. The predicted molar refractivity (Wildman–Crippen MR) is 112 cm³/mol. The topological polar surface area (TPSA) is 116 Å². The van der Waals surface area contributed by atoms with Crippen LogP contribution < -0.4 is 14.8 Å². The van der Waals surface area contributed by atoms with E-state index in [1.54, 1.807) is 24.4 Å². The van der Waals surface area contributed by atoms with Crippen molar-refractivity contribution in [3.05, 3.63) is 59.9 Å². The summed E-state index contributed by atoms with van der Waals surface area (Å²) in [5, 5.41) is 13.9. The molecule has 0 aliphatic carbocycles. The molecule has 0 bridgehead atoms. The number of methoxy groups -OCH3 is 2. The van der Waals surface area contributed by atoms with Crippen LogP contribution in [-0.2, 0) is 11.2 Å². The minimum atomic E-state index is -1.11. The van der Waals surface area contributed by atoms with Gasteiger partial charge in [0.05, 0.1) is 19.7 Å². The van der Waals surface area contributed by atoms with Crippen LogP contribution in [0.25, 0.3) is 21.8 Å². The number of amides is 1. The third kappa shape index (κ3) is 3.43. The molecule has 8 heteroatoms. The van der Waals surface area contributed by atoms with E-state index in [0.717, 1.165) is 16.5 Å². The summed E-state index contributed by atoms with van der Waals surface area (Å²) in [6, 6.07) is 11.6. The maximum absolute atomic E-state index is 12.8. The number of aromatic nitrogens is 2. The van der Waals surface area contributed by atoms with Crippen molar-refractivity contribution in [3.63, 3.8) is 0 Å². The SMILES string of the molecule is COc1ccc(OC)c2[nH]c(C(=O)NC(Cc3c[nH]c4ccccc34)C(=O)O)cc12. The van der Waals surface area contributed by atoms with Gasteiger partial charge in [-0.15, -0.1) is 0 Å². The lowest BCUT2D eigenvalue weighted by atomic mass is 10.0. The number of rotatable bonds is 7. The van der Waals surface area contributed by atoms with Gasteiger partial charge in [0.25, 0.3) is 5.91 Å². The first-order chi connectivity index (χ1) is 14.5. The number of carbonyl (C=O) groups excluding carboxylic acids is 1. The van der Waals surface area contributed by atoms with Crippen molar-refractivity contribution in [1.29, 1.82) is 0 Å². The number of aromatic amines is 2. The van der Waals surface area contributed by atoms with Gasteiger partial charge in [-0.3, -0.25) is 4.79 Å². The number of carboxylic acid groups (broad SMARTS) is 1. The highest BCUT2D eigenvalue weighted by Gasteiger charge is 2.24. The number of carbonyl (C=O) groups is 2. The molecule has 0 aliphatic rings. The summed E-state index contributed by atoms with van der Waals surface area (Å²) in [6.45, 7) is 0. The first-order valence-corrected chi connectivity index (χ1v) is 9.34. The van der Waals surface area contributed by atoms with Crippen molar-refractivity contribution in [2.75, 3.05) is 14.2 Å². The molecule has 1 unspecified atom stereocenters. The molecular weight excluding hydrogens is 386 g/mol. The first-order valence-electron chi connectivity index (χ1n) is 9.34. The fraction of sp³-hybridized carbons (Fsp3) is 0.182. The van der Waals surface area contributed by atoms with Crippen molar-refractivity contribution >= 4 is 33.7 Å². The van der Waals surface area contributed by atoms with Crippen molar-refractivity contribution in [2.24, 2.45) is 0 Å². The van der Waals surface area contributed by atoms with Gasteiger partial charge in [-0.2, -0.15) is 0 Å². The third-order valence-corrected chi connectivity index (χ3v) is 5.10. The molecule has 0 fully saturated rings. The lowest BCUT2D eigenvalue weighted by Crippen LogP contribution is -2.42. The summed E-state index contributed by atoms with van der Waals surface area (Å²) >= 11 is 0. The van der Waals surface area contributed by atoms with E-state index in [0.29, 0.717) is 22.4 Å². The Labute approximate surface area is 171 Å². The highest BCUT2D eigenvalue weighted by atomic mass is 16.5. The second-order valence-corrected chi connectivity index (χ2v) is 6.87.